The minimum absolute atomic E-state index is 0.148. The Labute approximate surface area is 230 Å². The molecule has 0 aliphatic heterocycles. The molecule has 0 spiro atoms. The van der Waals surface area contributed by atoms with E-state index in [4.69, 9.17) is 0 Å². The van der Waals surface area contributed by atoms with Gasteiger partial charge in [0.25, 0.3) is 0 Å². The summed E-state index contributed by atoms with van der Waals surface area (Å²) >= 11 is 0. The van der Waals surface area contributed by atoms with Gasteiger partial charge >= 0.3 is 0 Å². The summed E-state index contributed by atoms with van der Waals surface area (Å²) in [4.78, 5) is 12.2. The van der Waals surface area contributed by atoms with Gasteiger partial charge in [-0.15, -0.1) is 0 Å². The first kappa shape index (κ1) is 36.4. The molecule has 0 rings (SSSR count). The monoisotopic (exact) mass is 527 g/mol. The molecule has 0 bridgehead atoms. The number of aliphatic hydroxyl groups is 3. The van der Waals surface area contributed by atoms with Crippen LogP contribution < -0.4 is 5.32 Å². The topological polar surface area (TPSA) is 89.8 Å². The number of hydrogen-bond donors (Lipinski definition) is 4. The minimum Gasteiger partial charge on any atom is -0.394 e. The second-order valence-electron chi connectivity index (χ2n) is 11.4. The van der Waals surface area contributed by atoms with E-state index >= 15 is 0 Å². The van der Waals surface area contributed by atoms with Crippen molar-refractivity contribution in [1.82, 2.24) is 5.32 Å². The van der Waals surface area contributed by atoms with Gasteiger partial charge in [0.15, 0.2) is 0 Å². The lowest BCUT2D eigenvalue weighted by Crippen LogP contribution is -2.50. The lowest BCUT2D eigenvalue weighted by molar-refractivity contribution is -0.124. The lowest BCUT2D eigenvalue weighted by Gasteiger charge is -2.26. The molecule has 5 heteroatoms. The Morgan fingerprint density at radius 1 is 0.568 bits per heavy atom. The molecule has 0 aromatic carbocycles. The number of carbonyl (C=O) groups is 1. The Morgan fingerprint density at radius 3 is 1.30 bits per heavy atom. The second kappa shape index (κ2) is 28.4. The molecule has 3 atom stereocenters. The molecule has 0 aromatic rings. The van der Waals surface area contributed by atoms with Gasteiger partial charge in [-0.05, 0) is 12.8 Å². The van der Waals surface area contributed by atoms with Crippen molar-refractivity contribution in [2.75, 3.05) is 6.61 Å². The third-order valence-electron chi connectivity index (χ3n) is 7.71. The van der Waals surface area contributed by atoms with Crippen LogP contribution in [0.1, 0.15) is 174 Å². The number of hydrogen-bond acceptors (Lipinski definition) is 4. The molecule has 3 unspecified atom stereocenters. The van der Waals surface area contributed by atoms with Crippen LogP contribution in [-0.4, -0.2) is 46.1 Å². The van der Waals surface area contributed by atoms with Gasteiger partial charge in [-0.3, -0.25) is 4.79 Å². The van der Waals surface area contributed by atoms with E-state index in [1.165, 1.54) is 116 Å². The molecule has 0 saturated heterocycles. The third kappa shape index (κ3) is 24.1. The first-order valence-corrected chi connectivity index (χ1v) is 16.3. The number of rotatable bonds is 29. The average molecular weight is 528 g/mol. The van der Waals surface area contributed by atoms with Gasteiger partial charge in [0, 0.05) is 6.42 Å². The average Bonchev–Trinajstić information content (AvgIpc) is 2.90. The smallest absolute Gasteiger partial charge is 0.220 e. The molecule has 0 heterocycles. The van der Waals surface area contributed by atoms with Crippen LogP contribution in [0.4, 0.5) is 0 Å². The van der Waals surface area contributed by atoms with Crippen molar-refractivity contribution in [3.05, 3.63) is 0 Å². The lowest BCUT2D eigenvalue weighted by atomic mass is 9.99. The van der Waals surface area contributed by atoms with Gasteiger partial charge < -0.3 is 20.6 Å². The molecule has 4 N–H and O–H groups in total. The van der Waals surface area contributed by atoms with Gasteiger partial charge in [0.2, 0.25) is 5.91 Å². The van der Waals surface area contributed by atoms with Gasteiger partial charge in [-0.1, -0.05) is 155 Å². The molecule has 0 aromatic heterocycles. The summed E-state index contributed by atoms with van der Waals surface area (Å²) in [5.74, 6) is -0.148. The molecule has 0 radical (unpaired) electrons. The number of aliphatic hydroxyl groups excluding tert-OH is 3. The highest BCUT2D eigenvalue weighted by atomic mass is 16.3. The van der Waals surface area contributed by atoms with Crippen molar-refractivity contribution in [1.29, 1.82) is 0 Å². The first-order valence-electron chi connectivity index (χ1n) is 16.3. The van der Waals surface area contributed by atoms with Gasteiger partial charge in [-0.2, -0.15) is 0 Å². The fourth-order valence-electron chi connectivity index (χ4n) is 5.10. The maximum absolute atomic E-state index is 12.2. The maximum Gasteiger partial charge on any atom is 0.220 e. The van der Waals surface area contributed by atoms with Gasteiger partial charge in [-0.25, -0.2) is 0 Å². The number of nitrogens with one attached hydrogen (secondary N) is 1. The fourth-order valence-corrected chi connectivity index (χ4v) is 5.10. The van der Waals surface area contributed by atoms with Crippen molar-refractivity contribution in [2.45, 2.75) is 193 Å². The molecular weight excluding hydrogens is 462 g/mol. The van der Waals surface area contributed by atoms with E-state index in [1.54, 1.807) is 0 Å². The Balaban J connectivity index is 3.70. The normalized spacial score (nSPS) is 14.0. The van der Waals surface area contributed by atoms with Crippen LogP contribution in [-0.2, 0) is 4.79 Å². The van der Waals surface area contributed by atoms with Gasteiger partial charge in [0.1, 0.15) is 6.10 Å². The fraction of sp³-hybridized carbons (Fsp3) is 0.969. The molecule has 222 valence electrons. The third-order valence-corrected chi connectivity index (χ3v) is 7.71. The minimum atomic E-state index is -1.13. The van der Waals surface area contributed by atoms with Crippen molar-refractivity contribution < 1.29 is 20.1 Å². The summed E-state index contributed by atoms with van der Waals surface area (Å²) in [6, 6.07) is -0.798. The van der Waals surface area contributed by atoms with Crippen molar-refractivity contribution >= 4 is 5.91 Å². The Bertz CT molecular complexity index is 474. The predicted octanol–water partition coefficient (Wildman–Crippen LogP) is 7.98. The molecule has 0 fully saturated rings. The van der Waals surface area contributed by atoms with Crippen LogP contribution in [0.2, 0.25) is 0 Å². The molecule has 1 amide bonds. The first-order chi connectivity index (χ1) is 18.1. The number of carbonyl (C=O) groups excluding carboxylic acids is 1. The second-order valence-corrected chi connectivity index (χ2v) is 11.4. The summed E-state index contributed by atoms with van der Waals surface area (Å²) in [5.41, 5.74) is 0. The Morgan fingerprint density at radius 2 is 0.919 bits per heavy atom. The van der Waals surface area contributed by atoms with Crippen molar-refractivity contribution in [3.63, 3.8) is 0 Å². The predicted molar refractivity (Wildman–Crippen MR) is 158 cm³/mol. The zero-order valence-electron chi connectivity index (χ0n) is 24.9. The van der Waals surface area contributed by atoms with Crippen LogP contribution in [0.15, 0.2) is 0 Å². The van der Waals surface area contributed by atoms with E-state index in [1.807, 2.05) is 0 Å². The molecule has 0 saturated carbocycles. The quantitative estimate of drug-likeness (QED) is 0.0742. The Hall–Kier alpha value is -0.650. The van der Waals surface area contributed by atoms with Gasteiger partial charge in [0.05, 0.1) is 18.8 Å². The molecule has 37 heavy (non-hydrogen) atoms. The molecular formula is C32H65NO4. The summed E-state index contributed by atoms with van der Waals surface area (Å²) in [7, 11) is 0. The Kier molecular flexibility index (Phi) is 27.9. The maximum atomic E-state index is 12.2. The largest absolute Gasteiger partial charge is 0.394 e. The highest BCUT2D eigenvalue weighted by Crippen LogP contribution is 2.15. The van der Waals surface area contributed by atoms with Crippen molar-refractivity contribution in [2.24, 2.45) is 0 Å². The van der Waals surface area contributed by atoms with Crippen LogP contribution in [0, 0.1) is 0 Å². The van der Waals surface area contributed by atoms with Crippen LogP contribution >= 0.6 is 0 Å². The van der Waals surface area contributed by atoms with E-state index in [2.05, 4.69) is 19.2 Å². The van der Waals surface area contributed by atoms with Crippen LogP contribution in [0.3, 0.4) is 0 Å². The van der Waals surface area contributed by atoms with E-state index in [9.17, 15) is 20.1 Å². The van der Waals surface area contributed by atoms with Crippen LogP contribution in [0.25, 0.3) is 0 Å². The van der Waals surface area contributed by atoms with Crippen molar-refractivity contribution in [3.8, 4) is 0 Å². The highest BCUT2D eigenvalue weighted by molar-refractivity contribution is 5.76. The SMILES string of the molecule is CCCCCCCCCCCCCCCCC(O)C(O)C(CO)NC(=O)CCCCCCCCCCC. The molecule has 5 nitrogen and oxygen atoms in total. The van der Waals surface area contributed by atoms with E-state index < -0.39 is 18.2 Å². The standard InChI is InChI=1S/C32H65NO4/c1-3-5-7-9-11-13-14-15-16-17-19-20-22-24-26-30(35)32(37)29(28-34)33-31(36)27-25-23-21-18-12-10-8-6-4-2/h29-30,32,34-35,37H,3-28H2,1-2H3,(H,33,36). The summed E-state index contributed by atoms with van der Waals surface area (Å²) in [6.45, 7) is 4.13. The number of amides is 1. The number of unbranched alkanes of at least 4 members (excludes halogenated alkanes) is 21. The summed E-state index contributed by atoms with van der Waals surface area (Å²) < 4.78 is 0. The van der Waals surface area contributed by atoms with E-state index in [-0.39, 0.29) is 12.5 Å². The summed E-state index contributed by atoms with van der Waals surface area (Å²) in [6.07, 6.45) is 27.6. The zero-order chi connectivity index (χ0) is 27.4. The van der Waals surface area contributed by atoms with E-state index in [0.717, 1.165) is 32.1 Å². The van der Waals surface area contributed by atoms with E-state index in [0.29, 0.717) is 12.8 Å². The highest BCUT2D eigenvalue weighted by Gasteiger charge is 2.26. The van der Waals surface area contributed by atoms with Crippen LogP contribution in [0.5, 0.6) is 0 Å². The molecule has 0 aliphatic rings. The molecule has 0 aliphatic carbocycles. The summed E-state index contributed by atoms with van der Waals surface area (Å²) in [5, 5.41) is 33.2. The zero-order valence-corrected chi connectivity index (χ0v) is 24.9.